The fourth-order valence-corrected chi connectivity index (χ4v) is 1.02. The van der Waals surface area contributed by atoms with Crippen LogP contribution in [0.2, 0.25) is 0 Å². The van der Waals surface area contributed by atoms with Crippen molar-refractivity contribution in [2.45, 2.75) is 19.1 Å². The average molecular weight is 118 g/mol. The number of hydroxylamine groups is 3. The molecule has 0 saturated carbocycles. The molecule has 2 unspecified atom stereocenters. The number of aliphatic hydroxyl groups excluding tert-OH is 1. The highest BCUT2D eigenvalue weighted by molar-refractivity contribution is 4.50. The first-order valence-corrected chi connectivity index (χ1v) is 2.89. The maximum atomic E-state index is 9.15. The Hall–Kier alpha value is -0.120. The Balaban J connectivity index is 2.54. The van der Waals surface area contributed by atoms with Crippen LogP contribution in [0.5, 0.6) is 0 Å². The second kappa shape index (κ2) is 1.69. The van der Waals surface area contributed by atoms with E-state index in [1.807, 2.05) is 0 Å². The van der Waals surface area contributed by atoms with Crippen LogP contribution in [0.1, 0.15) is 12.8 Å². The van der Waals surface area contributed by atoms with Crippen molar-refractivity contribution in [2.75, 3.05) is 13.6 Å². The Labute approximate surface area is 48.7 Å². The molecule has 1 fully saturated rings. The standard InChI is InChI=1S/C5H12NO2/c1-6(8)4-2-3-5(6)7/h5,7-8H,2-4H2,1H3/q+1. The highest BCUT2D eigenvalue weighted by Crippen LogP contribution is 2.18. The summed E-state index contributed by atoms with van der Waals surface area (Å²) in [5.41, 5.74) is 0. The number of quaternary nitrogens is 1. The molecule has 3 nitrogen and oxygen atoms in total. The van der Waals surface area contributed by atoms with Gasteiger partial charge in [0.05, 0.1) is 0 Å². The third-order valence-electron chi connectivity index (χ3n) is 1.72. The van der Waals surface area contributed by atoms with Crippen molar-refractivity contribution in [3.63, 3.8) is 0 Å². The predicted octanol–water partition coefficient (Wildman–Crippen LogP) is -0.0656. The van der Waals surface area contributed by atoms with E-state index in [-0.39, 0.29) is 4.65 Å². The highest BCUT2D eigenvalue weighted by atomic mass is 16.6. The molecule has 0 radical (unpaired) electrons. The van der Waals surface area contributed by atoms with Gasteiger partial charge >= 0.3 is 0 Å². The molecule has 3 heteroatoms. The molecule has 0 aromatic carbocycles. The maximum Gasteiger partial charge on any atom is 0.220 e. The van der Waals surface area contributed by atoms with E-state index in [4.69, 9.17) is 10.3 Å². The Morgan fingerprint density at radius 2 is 2.25 bits per heavy atom. The van der Waals surface area contributed by atoms with Crippen LogP contribution >= 0.6 is 0 Å². The molecule has 0 spiro atoms. The van der Waals surface area contributed by atoms with Gasteiger partial charge in [-0.1, -0.05) is 0 Å². The Morgan fingerprint density at radius 1 is 1.62 bits per heavy atom. The van der Waals surface area contributed by atoms with Gasteiger partial charge in [0.1, 0.15) is 13.6 Å². The van der Waals surface area contributed by atoms with Crippen molar-refractivity contribution >= 4 is 0 Å². The summed E-state index contributed by atoms with van der Waals surface area (Å²) in [5.74, 6) is 0. The van der Waals surface area contributed by atoms with Crippen LogP contribution in [0.4, 0.5) is 0 Å². The number of aliphatic hydroxyl groups is 1. The number of rotatable bonds is 0. The first kappa shape index (κ1) is 6.01. The van der Waals surface area contributed by atoms with Gasteiger partial charge in [-0.15, -0.1) is 0 Å². The van der Waals surface area contributed by atoms with Gasteiger partial charge in [-0.25, -0.2) is 5.21 Å². The van der Waals surface area contributed by atoms with Gasteiger partial charge in [0.2, 0.25) is 6.23 Å². The Kier molecular flexibility index (Phi) is 1.27. The van der Waals surface area contributed by atoms with Crippen LogP contribution in [-0.2, 0) is 0 Å². The largest absolute Gasteiger partial charge is 0.343 e. The minimum Gasteiger partial charge on any atom is -0.343 e. The summed E-state index contributed by atoms with van der Waals surface area (Å²) in [6.07, 6.45) is 1.11. The zero-order chi connectivity index (χ0) is 6.20. The smallest absolute Gasteiger partial charge is 0.220 e. The summed E-state index contributed by atoms with van der Waals surface area (Å²) in [7, 11) is 1.62. The van der Waals surface area contributed by atoms with E-state index in [1.165, 1.54) is 0 Å². The summed E-state index contributed by atoms with van der Waals surface area (Å²) >= 11 is 0. The lowest BCUT2D eigenvalue weighted by molar-refractivity contribution is -1.11. The van der Waals surface area contributed by atoms with E-state index in [1.54, 1.807) is 7.05 Å². The van der Waals surface area contributed by atoms with Crippen LogP contribution < -0.4 is 0 Å². The molecule has 48 valence electrons. The fraction of sp³-hybridized carbons (Fsp3) is 1.00. The van der Waals surface area contributed by atoms with E-state index < -0.39 is 6.23 Å². The summed E-state index contributed by atoms with van der Waals surface area (Å²) in [5, 5.41) is 18.1. The molecule has 0 bridgehead atoms. The molecule has 8 heavy (non-hydrogen) atoms. The summed E-state index contributed by atoms with van der Waals surface area (Å²) in [4.78, 5) is 0. The van der Waals surface area contributed by atoms with E-state index in [0.717, 1.165) is 12.8 Å². The lowest BCUT2D eigenvalue weighted by Gasteiger charge is -2.22. The second-order valence-corrected chi connectivity index (χ2v) is 2.56. The number of likely N-dealkylation sites (tertiary alicyclic amines) is 1. The van der Waals surface area contributed by atoms with Gasteiger partial charge < -0.3 is 5.11 Å². The number of hydrogen-bond acceptors (Lipinski definition) is 2. The molecule has 0 amide bonds. The van der Waals surface area contributed by atoms with Crippen LogP contribution in [0.3, 0.4) is 0 Å². The Morgan fingerprint density at radius 3 is 2.38 bits per heavy atom. The molecular weight excluding hydrogens is 106 g/mol. The monoisotopic (exact) mass is 118 g/mol. The molecule has 2 N–H and O–H groups in total. The molecule has 1 heterocycles. The molecule has 0 aliphatic carbocycles. The van der Waals surface area contributed by atoms with Crippen LogP contribution in [0.25, 0.3) is 0 Å². The van der Waals surface area contributed by atoms with E-state index in [9.17, 15) is 0 Å². The average Bonchev–Trinajstić information content (AvgIpc) is 1.86. The van der Waals surface area contributed by atoms with Crippen LogP contribution in [-0.4, -0.2) is 34.8 Å². The van der Waals surface area contributed by atoms with Crippen molar-refractivity contribution in [3.05, 3.63) is 0 Å². The maximum absolute atomic E-state index is 9.15. The third-order valence-corrected chi connectivity index (χ3v) is 1.72. The fourth-order valence-electron chi connectivity index (χ4n) is 1.02. The second-order valence-electron chi connectivity index (χ2n) is 2.56. The van der Waals surface area contributed by atoms with Crippen LogP contribution in [0, 0.1) is 0 Å². The van der Waals surface area contributed by atoms with Crippen molar-refractivity contribution < 1.29 is 15.0 Å². The molecule has 1 aliphatic heterocycles. The van der Waals surface area contributed by atoms with Crippen molar-refractivity contribution in [3.8, 4) is 0 Å². The first-order chi connectivity index (χ1) is 3.63. The number of hydrogen-bond donors (Lipinski definition) is 2. The van der Waals surface area contributed by atoms with Gasteiger partial charge in [-0.3, -0.25) is 0 Å². The van der Waals surface area contributed by atoms with Gasteiger partial charge in [0, 0.05) is 12.8 Å². The summed E-state index contributed by atoms with van der Waals surface area (Å²) in [6.45, 7) is 0.682. The molecule has 1 aliphatic rings. The predicted molar refractivity (Wildman–Crippen MR) is 28.1 cm³/mol. The first-order valence-electron chi connectivity index (χ1n) is 2.89. The molecule has 2 atom stereocenters. The molecule has 1 rings (SSSR count). The van der Waals surface area contributed by atoms with E-state index >= 15 is 0 Å². The van der Waals surface area contributed by atoms with E-state index in [0.29, 0.717) is 6.54 Å². The van der Waals surface area contributed by atoms with Gasteiger partial charge in [-0.2, -0.15) is 4.65 Å². The topological polar surface area (TPSA) is 40.5 Å². The van der Waals surface area contributed by atoms with Crippen molar-refractivity contribution in [1.82, 2.24) is 0 Å². The number of nitrogens with zero attached hydrogens (tertiary/aromatic N) is 1. The van der Waals surface area contributed by atoms with Gasteiger partial charge in [0.25, 0.3) is 0 Å². The van der Waals surface area contributed by atoms with Crippen molar-refractivity contribution in [2.24, 2.45) is 0 Å². The highest BCUT2D eigenvalue weighted by Gasteiger charge is 2.35. The zero-order valence-corrected chi connectivity index (χ0v) is 5.04. The Bertz CT molecular complexity index is 92.4. The minimum atomic E-state index is -0.546. The summed E-state index contributed by atoms with van der Waals surface area (Å²) in [6, 6.07) is 0. The minimum absolute atomic E-state index is 0.208. The van der Waals surface area contributed by atoms with E-state index in [2.05, 4.69) is 0 Å². The summed E-state index contributed by atoms with van der Waals surface area (Å²) < 4.78 is -0.208. The third kappa shape index (κ3) is 0.844. The van der Waals surface area contributed by atoms with Crippen LogP contribution in [0.15, 0.2) is 0 Å². The molecule has 0 aromatic rings. The van der Waals surface area contributed by atoms with Gasteiger partial charge in [-0.05, 0) is 0 Å². The lowest BCUT2D eigenvalue weighted by atomic mass is 10.4. The SMILES string of the molecule is C[N+]1(O)CCCC1O. The lowest BCUT2D eigenvalue weighted by Crippen LogP contribution is -2.44. The molecule has 0 aromatic heterocycles. The van der Waals surface area contributed by atoms with Crippen molar-refractivity contribution in [1.29, 1.82) is 0 Å². The molecular formula is C5H12NO2+. The van der Waals surface area contributed by atoms with Gasteiger partial charge in [0.15, 0.2) is 0 Å². The molecule has 1 saturated heterocycles. The zero-order valence-electron chi connectivity index (χ0n) is 5.04. The normalized spacial score (nSPS) is 47.6. The quantitative estimate of drug-likeness (QED) is 0.437.